The highest BCUT2D eigenvalue weighted by Crippen LogP contribution is 2.19. The number of nitrogens with two attached hydrogens (primary N) is 1. The van der Waals surface area contributed by atoms with Gasteiger partial charge >= 0.3 is 0 Å². The first kappa shape index (κ1) is 22.3. The van der Waals surface area contributed by atoms with Crippen LogP contribution < -0.4 is 11.1 Å². The van der Waals surface area contributed by atoms with Gasteiger partial charge in [0.05, 0.1) is 5.92 Å². The van der Waals surface area contributed by atoms with Crippen LogP contribution in [0.15, 0.2) is 24.3 Å². The van der Waals surface area contributed by atoms with Crippen molar-refractivity contribution in [2.45, 2.75) is 77.6 Å². The maximum Gasteiger partial charge on any atom is 0.229 e. The van der Waals surface area contributed by atoms with Gasteiger partial charge in [0.15, 0.2) is 5.96 Å². The minimum absolute atomic E-state index is 0.0294. The van der Waals surface area contributed by atoms with Crippen molar-refractivity contribution in [3.63, 3.8) is 0 Å². The highest BCUT2D eigenvalue weighted by molar-refractivity contribution is 5.93. The van der Waals surface area contributed by atoms with E-state index < -0.39 is 0 Å². The number of amides is 1. The number of carbonyl (C=O) groups excluding carboxylic acids is 1. The summed E-state index contributed by atoms with van der Waals surface area (Å²) in [4.78, 5) is 14.3. The average Bonchev–Trinajstić information content (AvgIpc) is 2.71. The summed E-state index contributed by atoms with van der Waals surface area (Å²) in [7, 11) is 0. The molecule has 0 bridgehead atoms. The van der Waals surface area contributed by atoms with Crippen LogP contribution in [-0.4, -0.2) is 29.9 Å². The Labute approximate surface area is 170 Å². The standard InChI is InChI=1S/C23H38N4O/c1-2-3-4-5-6-7-8-9-11-19-13-15-21(16-14-19)26-22(28)20-12-10-17-27(18-20)23(24)25/h13-16,20H,2-12,17-18H2,1H3,(H3,24,25)(H,26,28). The number of nitrogens with zero attached hydrogens (tertiary/aromatic N) is 1. The van der Waals surface area contributed by atoms with Gasteiger partial charge in [-0.2, -0.15) is 0 Å². The number of likely N-dealkylation sites (tertiary alicyclic amines) is 1. The molecule has 1 unspecified atom stereocenters. The van der Waals surface area contributed by atoms with Crippen LogP contribution in [0.3, 0.4) is 0 Å². The first-order chi connectivity index (χ1) is 13.6. The predicted octanol–water partition coefficient (Wildman–Crippen LogP) is 4.91. The topological polar surface area (TPSA) is 82.2 Å². The van der Waals surface area contributed by atoms with Gasteiger partial charge in [-0.15, -0.1) is 0 Å². The Balaban J connectivity index is 1.66. The predicted molar refractivity (Wildman–Crippen MR) is 118 cm³/mol. The number of carbonyl (C=O) groups is 1. The third-order valence-corrected chi connectivity index (χ3v) is 5.67. The normalized spacial score (nSPS) is 16.8. The van der Waals surface area contributed by atoms with E-state index in [2.05, 4.69) is 24.4 Å². The number of aryl methyl sites for hydroxylation is 1. The highest BCUT2D eigenvalue weighted by Gasteiger charge is 2.26. The number of nitrogens with one attached hydrogen (secondary N) is 2. The van der Waals surface area contributed by atoms with Crippen LogP contribution in [0.1, 0.15) is 76.7 Å². The van der Waals surface area contributed by atoms with Gasteiger partial charge in [0.2, 0.25) is 5.91 Å². The third-order valence-electron chi connectivity index (χ3n) is 5.67. The first-order valence-corrected chi connectivity index (χ1v) is 11.1. The number of rotatable bonds is 11. The molecule has 2 rings (SSSR count). The molecule has 156 valence electrons. The van der Waals surface area contributed by atoms with Crippen LogP contribution in [0, 0.1) is 11.3 Å². The molecule has 5 nitrogen and oxygen atoms in total. The molecular formula is C23H38N4O. The minimum atomic E-state index is -0.102. The van der Waals surface area contributed by atoms with Gasteiger partial charge in [0.25, 0.3) is 0 Å². The fourth-order valence-electron chi connectivity index (χ4n) is 3.87. The van der Waals surface area contributed by atoms with Crippen LogP contribution in [0.2, 0.25) is 0 Å². The molecule has 0 spiro atoms. The van der Waals surface area contributed by atoms with E-state index in [-0.39, 0.29) is 17.8 Å². The summed E-state index contributed by atoms with van der Waals surface area (Å²) in [5.74, 6) is -0.0146. The molecule has 1 saturated heterocycles. The molecule has 1 aromatic rings. The summed E-state index contributed by atoms with van der Waals surface area (Å²) in [5.41, 5.74) is 7.75. The van der Waals surface area contributed by atoms with Crippen molar-refractivity contribution < 1.29 is 4.79 Å². The second-order valence-electron chi connectivity index (χ2n) is 8.08. The van der Waals surface area contributed by atoms with Crippen molar-refractivity contribution >= 4 is 17.6 Å². The van der Waals surface area contributed by atoms with Gasteiger partial charge in [-0.25, -0.2) is 0 Å². The van der Waals surface area contributed by atoms with E-state index in [1.54, 1.807) is 4.90 Å². The smallest absolute Gasteiger partial charge is 0.229 e. The van der Waals surface area contributed by atoms with Crippen LogP contribution in [-0.2, 0) is 11.2 Å². The molecule has 1 aromatic carbocycles. The fourth-order valence-corrected chi connectivity index (χ4v) is 3.87. The summed E-state index contributed by atoms with van der Waals surface area (Å²) < 4.78 is 0. The number of hydrogen-bond donors (Lipinski definition) is 3. The molecule has 1 atom stereocenters. The molecule has 0 saturated carbocycles. The van der Waals surface area contributed by atoms with Gasteiger partial charge < -0.3 is 16.0 Å². The van der Waals surface area contributed by atoms with Crippen LogP contribution in [0.25, 0.3) is 0 Å². The molecule has 0 radical (unpaired) electrons. The molecule has 1 fully saturated rings. The Morgan fingerprint density at radius 1 is 1.11 bits per heavy atom. The van der Waals surface area contributed by atoms with Crippen molar-refractivity contribution in [3.8, 4) is 0 Å². The molecule has 1 heterocycles. The second kappa shape index (κ2) is 12.4. The Bertz CT molecular complexity index is 599. The lowest BCUT2D eigenvalue weighted by Crippen LogP contribution is -2.46. The van der Waals surface area contributed by atoms with Crippen molar-refractivity contribution in [1.29, 1.82) is 5.41 Å². The summed E-state index contributed by atoms with van der Waals surface area (Å²) in [6.45, 7) is 3.57. The van der Waals surface area contributed by atoms with Gasteiger partial charge in [-0.3, -0.25) is 10.2 Å². The van der Waals surface area contributed by atoms with Crippen molar-refractivity contribution in [2.75, 3.05) is 18.4 Å². The van der Waals surface area contributed by atoms with E-state index in [1.807, 2.05) is 12.1 Å². The quantitative estimate of drug-likeness (QED) is 0.287. The lowest BCUT2D eigenvalue weighted by Gasteiger charge is -2.32. The Hall–Kier alpha value is -2.04. The van der Waals surface area contributed by atoms with Gasteiger partial charge in [-0.1, -0.05) is 64.0 Å². The van der Waals surface area contributed by atoms with Crippen molar-refractivity contribution in [2.24, 2.45) is 11.7 Å². The van der Waals surface area contributed by atoms with E-state index in [1.165, 1.54) is 56.9 Å². The molecule has 28 heavy (non-hydrogen) atoms. The lowest BCUT2D eigenvalue weighted by molar-refractivity contribution is -0.121. The largest absolute Gasteiger partial charge is 0.370 e. The van der Waals surface area contributed by atoms with Gasteiger partial charge in [0, 0.05) is 18.8 Å². The number of piperidine rings is 1. The highest BCUT2D eigenvalue weighted by atomic mass is 16.1. The molecule has 1 amide bonds. The average molecular weight is 387 g/mol. The van der Waals surface area contributed by atoms with E-state index in [0.29, 0.717) is 6.54 Å². The van der Waals surface area contributed by atoms with Crippen molar-refractivity contribution in [1.82, 2.24) is 4.90 Å². The summed E-state index contributed by atoms with van der Waals surface area (Å²) in [5, 5.41) is 10.6. The van der Waals surface area contributed by atoms with E-state index >= 15 is 0 Å². The fraction of sp³-hybridized carbons (Fsp3) is 0.652. The molecule has 4 N–H and O–H groups in total. The van der Waals surface area contributed by atoms with E-state index in [9.17, 15) is 4.79 Å². The van der Waals surface area contributed by atoms with Crippen LogP contribution in [0.5, 0.6) is 0 Å². The first-order valence-electron chi connectivity index (χ1n) is 11.1. The molecule has 5 heteroatoms. The number of unbranched alkanes of at least 4 members (excludes halogenated alkanes) is 7. The third kappa shape index (κ3) is 7.91. The molecule has 0 aliphatic carbocycles. The number of benzene rings is 1. The zero-order valence-electron chi connectivity index (χ0n) is 17.5. The summed E-state index contributed by atoms with van der Waals surface area (Å²) in [6.07, 6.45) is 13.6. The lowest BCUT2D eigenvalue weighted by atomic mass is 9.97. The number of anilines is 1. The second-order valence-corrected chi connectivity index (χ2v) is 8.08. The Morgan fingerprint density at radius 3 is 2.39 bits per heavy atom. The van der Waals surface area contributed by atoms with Crippen molar-refractivity contribution in [3.05, 3.63) is 29.8 Å². The molecular weight excluding hydrogens is 348 g/mol. The van der Waals surface area contributed by atoms with E-state index in [4.69, 9.17) is 11.1 Å². The van der Waals surface area contributed by atoms with Crippen LogP contribution in [0.4, 0.5) is 5.69 Å². The maximum absolute atomic E-state index is 12.5. The summed E-state index contributed by atoms with van der Waals surface area (Å²) in [6, 6.07) is 8.26. The summed E-state index contributed by atoms with van der Waals surface area (Å²) >= 11 is 0. The Kier molecular flexibility index (Phi) is 9.87. The SMILES string of the molecule is CCCCCCCCCCc1ccc(NC(=O)C2CCCN(C(=N)N)C2)cc1. The Morgan fingerprint density at radius 2 is 1.75 bits per heavy atom. The zero-order chi connectivity index (χ0) is 20.2. The van der Waals surface area contributed by atoms with Gasteiger partial charge in [0.1, 0.15) is 0 Å². The number of guanidine groups is 1. The number of hydrogen-bond acceptors (Lipinski definition) is 2. The molecule has 1 aliphatic heterocycles. The maximum atomic E-state index is 12.5. The zero-order valence-corrected chi connectivity index (χ0v) is 17.5. The van der Waals surface area contributed by atoms with Crippen LogP contribution >= 0.6 is 0 Å². The monoisotopic (exact) mass is 386 g/mol. The molecule has 0 aromatic heterocycles. The molecule has 1 aliphatic rings. The van der Waals surface area contributed by atoms with Gasteiger partial charge in [-0.05, 0) is 43.4 Å². The van der Waals surface area contributed by atoms with E-state index in [0.717, 1.165) is 31.5 Å². The minimum Gasteiger partial charge on any atom is -0.370 e.